The minimum absolute atomic E-state index is 0.0655. The molecule has 6 heteroatoms. The van der Waals surface area contributed by atoms with Gasteiger partial charge in [-0.25, -0.2) is 0 Å². The fourth-order valence-corrected chi connectivity index (χ4v) is 2.85. The molecule has 2 rings (SSSR count). The molecule has 21 heavy (non-hydrogen) atoms. The van der Waals surface area contributed by atoms with Crippen molar-refractivity contribution in [2.75, 3.05) is 11.9 Å². The van der Waals surface area contributed by atoms with Crippen LogP contribution in [0, 0.1) is 16.0 Å². The van der Waals surface area contributed by atoms with Gasteiger partial charge in [0, 0.05) is 18.7 Å². The molecule has 6 nitrogen and oxygen atoms in total. The van der Waals surface area contributed by atoms with Crippen LogP contribution in [0.15, 0.2) is 18.2 Å². The van der Waals surface area contributed by atoms with E-state index in [9.17, 15) is 14.9 Å². The molecule has 0 aliphatic heterocycles. The van der Waals surface area contributed by atoms with Crippen LogP contribution in [0.25, 0.3) is 0 Å². The first-order valence-electron chi connectivity index (χ1n) is 7.35. The van der Waals surface area contributed by atoms with Gasteiger partial charge in [0.2, 0.25) is 0 Å². The molecular weight excluding hydrogens is 270 g/mol. The molecule has 1 saturated carbocycles. The molecule has 2 N–H and O–H groups in total. The summed E-state index contributed by atoms with van der Waals surface area (Å²) in [6.07, 6.45) is 3.05. The van der Waals surface area contributed by atoms with E-state index in [2.05, 4.69) is 17.6 Å². The lowest BCUT2D eigenvalue weighted by molar-refractivity contribution is -0.384. The zero-order chi connectivity index (χ0) is 15.4. The van der Waals surface area contributed by atoms with Gasteiger partial charge in [-0.3, -0.25) is 14.9 Å². The molecule has 2 atom stereocenters. The Kier molecular flexibility index (Phi) is 4.77. The highest BCUT2D eigenvalue weighted by Crippen LogP contribution is 2.29. The summed E-state index contributed by atoms with van der Waals surface area (Å²) in [5.41, 5.74) is 0.573. The van der Waals surface area contributed by atoms with E-state index in [-0.39, 0.29) is 17.6 Å². The number of amides is 1. The molecule has 0 saturated heterocycles. The lowest BCUT2D eigenvalue weighted by Gasteiger charge is -2.15. The van der Waals surface area contributed by atoms with Gasteiger partial charge >= 0.3 is 0 Å². The van der Waals surface area contributed by atoms with Crippen molar-refractivity contribution in [1.82, 2.24) is 5.32 Å². The fourth-order valence-electron chi connectivity index (χ4n) is 2.85. The number of nitrogens with zero attached hydrogens (tertiary/aromatic N) is 1. The quantitative estimate of drug-likeness (QED) is 0.645. The summed E-state index contributed by atoms with van der Waals surface area (Å²) in [6.45, 7) is 4.53. The zero-order valence-electron chi connectivity index (χ0n) is 12.4. The number of hydrogen-bond donors (Lipinski definition) is 2. The number of nitro benzene ring substituents is 1. The topological polar surface area (TPSA) is 84.3 Å². The minimum Gasteiger partial charge on any atom is -0.379 e. The highest BCUT2D eigenvalue weighted by Gasteiger charge is 2.26. The van der Waals surface area contributed by atoms with E-state index >= 15 is 0 Å². The van der Waals surface area contributed by atoms with Crippen molar-refractivity contribution in [3.8, 4) is 0 Å². The first-order valence-corrected chi connectivity index (χ1v) is 7.35. The fraction of sp³-hybridized carbons (Fsp3) is 0.533. The lowest BCUT2D eigenvalue weighted by atomic mass is 10.1. The second kappa shape index (κ2) is 6.56. The molecule has 1 amide bonds. The molecule has 0 bridgehead atoms. The zero-order valence-corrected chi connectivity index (χ0v) is 12.4. The van der Waals surface area contributed by atoms with Gasteiger partial charge in [0.25, 0.3) is 11.6 Å². The van der Waals surface area contributed by atoms with E-state index in [0.29, 0.717) is 23.7 Å². The van der Waals surface area contributed by atoms with Gasteiger partial charge in [0.1, 0.15) is 5.69 Å². The van der Waals surface area contributed by atoms with Crippen molar-refractivity contribution >= 4 is 17.3 Å². The summed E-state index contributed by atoms with van der Waals surface area (Å²) in [7, 11) is 0. The highest BCUT2D eigenvalue weighted by atomic mass is 16.6. The van der Waals surface area contributed by atoms with E-state index in [4.69, 9.17) is 0 Å². The SMILES string of the molecule is CCNc1c(C(=O)NC2CCC(C)C2)cccc1[N+](=O)[O-]. The summed E-state index contributed by atoms with van der Waals surface area (Å²) in [5, 5.41) is 17.0. The van der Waals surface area contributed by atoms with Crippen LogP contribution in [0.2, 0.25) is 0 Å². The van der Waals surface area contributed by atoms with E-state index < -0.39 is 4.92 Å². The number of rotatable bonds is 5. The van der Waals surface area contributed by atoms with Crippen molar-refractivity contribution in [2.45, 2.75) is 39.2 Å². The average molecular weight is 291 g/mol. The predicted molar refractivity (Wildman–Crippen MR) is 81.5 cm³/mol. The highest BCUT2D eigenvalue weighted by molar-refractivity contribution is 6.01. The van der Waals surface area contributed by atoms with Crippen LogP contribution in [0.1, 0.15) is 43.5 Å². The molecule has 114 valence electrons. The Morgan fingerprint density at radius 2 is 2.19 bits per heavy atom. The first kappa shape index (κ1) is 15.3. The Bertz CT molecular complexity index is 545. The van der Waals surface area contributed by atoms with Crippen LogP contribution in [0.5, 0.6) is 0 Å². The van der Waals surface area contributed by atoms with E-state index in [0.717, 1.165) is 19.3 Å². The summed E-state index contributed by atoms with van der Waals surface area (Å²) >= 11 is 0. The van der Waals surface area contributed by atoms with Crippen molar-refractivity contribution in [3.05, 3.63) is 33.9 Å². The predicted octanol–water partition coefficient (Wildman–Crippen LogP) is 2.95. The maximum absolute atomic E-state index is 12.4. The molecule has 0 radical (unpaired) electrons. The molecule has 0 heterocycles. The molecular formula is C15H21N3O3. The number of carbonyl (C=O) groups is 1. The van der Waals surface area contributed by atoms with Crippen molar-refractivity contribution < 1.29 is 9.72 Å². The van der Waals surface area contributed by atoms with E-state index in [1.54, 1.807) is 12.1 Å². The Labute approximate surface area is 124 Å². The van der Waals surface area contributed by atoms with Crippen LogP contribution in [0.4, 0.5) is 11.4 Å². The Balaban J connectivity index is 2.23. The maximum Gasteiger partial charge on any atom is 0.293 e. The molecule has 0 spiro atoms. The Morgan fingerprint density at radius 3 is 2.76 bits per heavy atom. The Morgan fingerprint density at radius 1 is 1.43 bits per heavy atom. The smallest absolute Gasteiger partial charge is 0.293 e. The monoisotopic (exact) mass is 291 g/mol. The van der Waals surface area contributed by atoms with Crippen LogP contribution in [-0.4, -0.2) is 23.4 Å². The van der Waals surface area contributed by atoms with Gasteiger partial charge in [0.15, 0.2) is 0 Å². The van der Waals surface area contributed by atoms with Gasteiger partial charge in [-0.1, -0.05) is 13.0 Å². The summed E-state index contributed by atoms with van der Waals surface area (Å²) in [4.78, 5) is 23.0. The normalized spacial score (nSPS) is 21.0. The van der Waals surface area contributed by atoms with E-state index in [1.165, 1.54) is 6.07 Å². The van der Waals surface area contributed by atoms with Crippen LogP contribution >= 0.6 is 0 Å². The Hall–Kier alpha value is -2.11. The van der Waals surface area contributed by atoms with Crippen LogP contribution < -0.4 is 10.6 Å². The third-order valence-corrected chi connectivity index (χ3v) is 3.87. The number of nitro groups is 1. The van der Waals surface area contributed by atoms with Crippen LogP contribution in [0.3, 0.4) is 0 Å². The van der Waals surface area contributed by atoms with E-state index in [1.807, 2.05) is 6.92 Å². The van der Waals surface area contributed by atoms with Gasteiger partial charge in [-0.2, -0.15) is 0 Å². The lowest BCUT2D eigenvalue weighted by Crippen LogP contribution is -2.33. The van der Waals surface area contributed by atoms with Crippen molar-refractivity contribution in [3.63, 3.8) is 0 Å². The first-order chi connectivity index (χ1) is 10.0. The molecule has 1 aliphatic rings. The standard InChI is InChI=1S/C15H21N3O3/c1-3-16-14-12(5-4-6-13(14)18(20)21)15(19)17-11-8-7-10(2)9-11/h4-6,10-11,16H,3,7-9H2,1-2H3,(H,17,19). The molecule has 2 unspecified atom stereocenters. The van der Waals surface area contributed by atoms with Gasteiger partial charge < -0.3 is 10.6 Å². The number of carbonyl (C=O) groups excluding carboxylic acids is 1. The second-order valence-corrected chi connectivity index (χ2v) is 5.58. The molecule has 1 aliphatic carbocycles. The molecule has 1 aromatic carbocycles. The van der Waals surface area contributed by atoms with Crippen LogP contribution in [-0.2, 0) is 0 Å². The number of hydrogen-bond acceptors (Lipinski definition) is 4. The molecule has 0 aromatic heterocycles. The van der Waals surface area contributed by atoms with Crippen molar-refractivity contribution in [1.29, 1.82) is 0 Å². The largest absolute Gasteiger partial charge is 0.379 e. The number of anilines is 1. The second-order valence-electron chi connectivity index (χ2n) is 5.58. The summed E-state index contributed by atoms with van der Waals surface area (Å²) < 4.78 is 0. The summed E-state index contributed by atoms with van der Waals surface area (Å²) in [6, 6.07) is 4.75. The van der Waals surface area contributed by atoms with Gasteiger partial charge in [-0.15, -0.1) is 0 Å². The molecule has 1 fully saturated rings. The molecule has 1 aromatic rings. The number of nitrogens with one attached hydrogen (secondary N) is 2. The maximum atomic E-state index is 12.4. The summed E-state index contributed by atoms with van der Waals surface area (Å²) in [5.74, 6) is 0.377. The van der Waals surface area contributed by atoms with Gasteiger partial charge in [-0.05, 0) is 38.2 Å². The number of benzene rings is 1. The third kappa shape index (κ3) is 3.51. The van der Waals surface area contributed by atoms with Gasteiger partial charge in [0.05, 0.1) is 10.5 Å². The average Bonchev–Trinajstić information content (AvgIpc) is 2.84. The number of para-hydroxylation sites is 1. The third-order valence-electron chi connectivity index (χ3n) is 3.87. The van der Waals surface area contributed by atoms with Crippen molar-refractivity contribution in [2.24, 2.45) is 5.92 Å². The minimum atomic E-state index is -0.466.